The van der Waals surface area contributed by atoms with E-state index in [1.54, 1.807) is 6.07 Å². The van der Waals surface area contributed by atoms with E-state index in [0.717, 1.165) is 5.39 Å². The van der Waals surface area contributed by atoms with Crippen molar-refractivity contribution in [3.63, 3.8) is 0 Å². The molecule has 3 rings (SSSR count). The fraction of sp³-hybridized carbons (Fsp3) is 0.0588. The van der Waals surface area contributed by atoms with Gasteiger partial charge in [-0.05, 0) is 30.2 Å². The number of fused-ring (bicyclic) bond motifs is 1. The largest absolute Gasteiger partial charge is 0.250 e. The number of alkyl halides is 3. The molecule has 0 aliphatic rings. The Kier molecular flexibility index (Phi) is 4.66. The summed E-state index contributed by atoms with van der Waals surface area (Å²) in [7, 11) is 0. The summed E-state index contributed by atoms with van der Waals surface area (Å²) in [5.41, 5.74) is 1.84. The van der Waals surface area contributed by atoms with E-state index in [2.05, 4.69) is 21.8 Å². The standard InChI is InChI=1S/C17H8Cl4N2/c18-13-7-3-1-5-11(13)9-10-15-12-6-2-4-8-14(12)22-16(23-15)17(19,20)21/h1-8H. The van der Waals surface area contributed by atoms with Crippen molar-refractivity contribution in [2.24, 2.45) is 0 Å². The highest BCUT2D eigenvalue weighted by molar-refractivity contribution is 6.66. The third-order valence-electron chi connectivity index (χ3n) is 3.05. The van der Waals surface area contributed by atoms with E-state index in [4.69, 9.17) is 46.4 Å². The molecule has 0 aliphatic carbocycles. The molecule has 114 valence electrons. The van der Waals surface area contributed by atoms with E-state index in [9.17, 15) is 0 Å². The molecule has 0 N–H and O–H groups in total. The highest BCUT2D eigenvalue weighted by Gasteiger charge is 2.27. The van der Waals surface area contributed by atoms with Crippen molar-refractivity contribution in [1.82, 2.24) is 9.97 Å². The molecule has 0 bridgehead atoms. The number of aromatic nitrogens is 2. The predicted octanol–water partition coefficient (Wildman–Crippen LogP) is 5.51. The Hall–Kier alpha value is -1.50. The number of rotatable bonds is 0. The Bertz CT molecular complexity index is 936. The van der Waals surface area contributed by atoms with Gasteiger partial charge in [-0.3, -0.25) is 0 Å². The molecule has 23 heavy (non-hydrogen) atoms. The lowest BCUT2D eigenvalue weighted by Gasteiger charge is -2.10. The summed E-state index contributed by atoms with van der Waals surface area (Å²) in [6.45, 7) is 0. The van der Waals surface area contributed by atoms with E-state index in [0.29, 0.717) is 21.8 Å². The lowest BCUT2D eigenvalue weighted by molar-refractivity contribution is 0.987. The van der Waals surface area contributed by atoms with Gasteiger partial charge >= 0.3 is 0 Å². The Labute approximate surface area is 153 Å². The number of hydrogen-bond donors (Lipinski definition) is 0. The summed E-state index contributed by atoms with van der Waals surface area (Å²) in [5, 5.41) is 1.35. The van der Waals surface area contributed by atoms with Crippen molar-refractivity contribution >= 4 is 57.3 Å². The van der Waals surface area contributed by atoms with Gasteiger partial charge < -0.3 is 0 Å². The first-order chi connectivity index (χ1) is 10.9. The summed E-state index contributed by atoms with van der Waals surface area (Å²) >= 11 is 23.8. The van der Waals surface area contributed by atoms with Crippen LogP contribution in [0.5, 0.6) is 0 Å². The molecule has 0 saturated heterocycles. The summed E-state index contributed by atoms with van der Waals surface area (Å²) in [5.74, 6) is 6.08. The Morgan fingerprint density at radius 1 is 0.826 bits per heavy atom. The van der Waals surface area contributed by atoms with Gasteiger partial charge in [-0.1, -0.05) is 76.6 Å². The van der Waals surface area contributed by atoms with Crippen molar-refractivity contribution in [3.8, 4) is 11.8 Å². The molecule has 2 aromatic carbocycles. The van der Waals surface area contributed by atoms with Crippen LogP contribution in [0.2, 0.25) is 5.02 Å². The van der Waals surface area contributed by atoms with Gasteiger partial charge in [0.1, 0.15) is 5.69 Å². The third kappa shape index (κ3) is 3.71. The van der Waals surface area contributed by atoms with Crippen LogP contribution in [0.4, 0.5) is 0 Å². The lowest BCUT2D eigenvalue weighted by Crippen LogP contribution is -2.08. The molecule has 0 atom stereocenters. The van der Waals surface area contributed by atoms with Crippen LogP contribution in [0, 0.1) is 11.8 Å². The maximum atomic E-state index is 6.11. The summed E-state index contributed by atoms with van der Waals surface area (Å²) < 4.78 is -1.72. The number of para-hydroxylation sites is 1. The Balaban J connectivity index is 2.19. The molecular formula is C17H8Cl4N2. The van der Waals surface area contributed by atoms with Crippen LogP contribution in [-0.4, -0.2) is 9.97 Å². The number of benzene rings is 2. The Morgan fingerprint density at radius 3 is 2.26 bits per heavy atom. The van der Waals surface area contributed by atoms with E-state index < -0.39 is 3.79 Å². The van der Waals surface area contributed by atoms with Gasteiger partial charge in [0.15, 0.2) is 5.82 Å². The molecule has 0 amide bonds. The summed E-state index contributed by atoms with van der Waals surface area (Å²) in [6.07, 6.45) is 0. The van der Waals surface area contributed by atoms with Crippen LogP contribution in [-0.2, 0) is 3.79 Å². The molecule has 0 radical (unpaired) electrons. The normalized spacial score (nSPS) is 11.1. The maximum absolute atomic E-state index is 6.11. The van der Waals surface area contributed by atoms with Gasteiger partial charge in [0.2, 0.25) is 3.79 Å². The Morgan fingerprint density at radius 2 is 1.52 bits per heavy atom. The SMILES string of the molecule is Clc1ccccc1C#Cc1nc(C(Cl)(Cl)Cl)nc2ccccc12. The number of hydrogen-bond acceptors (Lipinski definition) is 2. The predicted molar refractivity (Wildman–Crippen MR) is 96.2 cm³/mol. The quantitative estimate of drug-likeness (QED) is 0.379. The van der Waals surface area contributed by atoms with Crippen molar-refractivity contribution < 1.29 is 0 Å². The average Bonchev–Trinajstić information content (AvgIpc) is 2.52. The minimum absolute atomic E-state index is 0.0876. The zero-order chi connectivity index (χ0) is 16.4. The van der Waals surface area contributed by atoms with E-state index in [1.165, 1.54) is 0 Å². The average molecular weight is 382 g/mol. The summed E-state index contributed by atoms with van der Waals surface area (Å²) in [6, 6.07) is 14.7. The van der Waals surface area contributed by atoms with E-state index in [1.807, 2.05) is 42.5 Å². The fourth-order valence-electron chi connectivity index (χ4n) is 1.99. The molecular weight excluding hydrogens is 374 g/mol. The second kappa shape index (κ2) is 6.55. The van der Waals surface area contributed by atoms with Crippen molar-refractivity contribution in [1.29, 1.82) is 0 Å². The minimum atomic E-state index is -1.72. The van der Waals surface area contributed by atoms with Crippen molar-refractivity contribution in [2.45, 2.75) is 3.79 Å². The second-order valence-electron chi connectivity index (χ2n) is 4.64. The van der Waals surface area contributed by atoms with Gasteiger partial charge in [0.05, 0.1) is 10.5 Å². The van der Waals surface area contributed by atoms with Gasteiger partial charge in [0, 0.05) is 10.9 Å². The zero-order valence-electron chi connectivity index (χ0n) is 11.5. The van der Waals surface area contributed by atoms with E-state index in [-0.39, 0.29) is 5.82 Å². The van der Waals surface area contributed by atoms with Crippen molar-refractivity contribution in [2.75, 3.05) is 0 Å². The first-order valence-corrected chi connectivity index (χ1v) is 8.07. The van der Waals surface area contributed by atoms with E-state index >= 15 is 0 Å². The molecule has 0 fully saturated rings. The first-order valence-electron chi connectivity index (χ1n) is 6.56. The molecule has 1 heterocycles. The van der Waals surface area contributed by atoms with Gasteiger partial charge in [0.25, 0.3) is 0 Å². The maximum Gasteiger partial charge on any atom is 0.250 e. The van der Waals surface area contributed by atoms with Crippen LogP contribution in [0.25, 0.3) is 10.9 Å². The van der Waals surface area contributed by atoms with Crippen LogP contribution in [0.1, 0.15) is 17.1 Å². The summed E-state index contributed by atoms with van der Waals surface area (Å²) in [4.78, 5) is 8.57. The first kappa shape index (κ1) is 16.4. The van der Waals surface area contributed by atoms with Gasteiger partial charge in [-0.25, -0.2) is 9.97 Å². The third-order valence-corrected chi connectivity index (χ3v) is 3.88. The van der Waals surface area contributed by atoms with Gasteiger partial charge in [-0.15, -0.1) is 0 Å². The van der Waals surface area contributed by atoms with Crippen LogP contribution in [0.15, 0.2) is 48.5 Å². The number of halogens is 4. The highest BCUT2D eigenvalue weighted by Crippen LogP contribution is 2.36. The molecule has 1 aromatic heterocycles. The monoisotopic (exact) mass is 380 g/mol. The molecule has 0 aliphatic heterocycles. The van der Waals surface area contributed by atoms with Crippen LogP contribution >= 0.6 is 46.4 Å². The molecule has 0 spiro atoms. The number of nitrogens with zero attached hydrogens (tertiary/aromatic N) is 2. The topological polar surface area (TPSA) is 25.8 Å². The van der Waals surface area contributed by atoms with Crippen molar-refractivity contribution in [3.05, 3.63) is 70.6 Å². The second-order valence-corrected chi connectivity index (χ2v) is 7.33. The molecule has 0 saturated carbocycles. The zero-order valence-corrected chi connectivity index (χ0v) is 14.5. The van der Waals surface area contributed by atoms with Crippen LogP contribution in [0.3, 0.4) is 0 Å². The highest BCUT2D eigenvalue weighted by atomic mass is 35.6. The minimum Gasteiger partial charge on any atom is -0.228 e. The lowest BCUT2D eigenvalue weighted by atomic mass is 10.1. The molecule has 2 nitrogen and oxygen atoms in total. The smallest absolute Gasteiger partial charge is 0.228 e. The fourth-order valence-corrected chi connectivity index (χ4v) is 2.42. The molecule has 3 aromatic rings. The molecule has 6 heteroatoms. The van der Waals surface area contributed by atoms with Gasteiger partial charge in [-0.2, -0.15) is 0 Å². The molecule has 0 unspecified atom stereocenters. The van der Waals surface area contributed by atoms with Crippen LogP contribution < -0.4 is 0 Å².